The van der Waals surface area contributed by atoms with Gasteiger partial charge in [0.25, 0.3) is 0 Å². The van der Waals surface area contributed by atoms with Crippen LogP contribution in [-0.4, -0.2) is 20.2 Å². The average Bonchev–Trinajstić information content (AvgIpc) is 2.48. The molecule has 1 aromatic carbocycles. The third kappa shape index (κ3) is 3.23. The van der Waals surface area contributed by atoms with Gasteiger partial charge in [0.1, 0.15) is 0 Å². The minimum absolute atomic E-state index is 0.105. The number of benzene rings is 1. The quantitative estimate of drug-likeness (QED) is 0.908. The highest BCUT2D eigenvalue weighted by Gasteiger charge is 2.38. The monoisotopic (exact) mass is 295 g/mol. The van der Waals surface area contributed by atoms with Crippen LogP contribution in [0.2, 0.25) is 0 Å². The summed E-state index contributed by atoms with van der Waals surface area (Å²) in [5.74, 6) is 0.639. The van der Waals surface area contributed by atoms with Crippen LogP contribution >= 0.6 is 0 Å². The van der Waals surface area contributed by atoms with Crippen molar-refractivity contribution in [3.8, 4) is 0 Å². The lowest BCUT2D eigenvalue weighted by molar-refractivity contribution is 0.268. The van der Waals surface area contributed by atoms with Crippen molar-refractivity contribution in [2.75, 3.05) is 6.54 Å². The molecule has 0 bridgehead atoms. The standard InChI is InChI=1S/C16H25NO2S/c1-2-6-13-9-10-14(12-17)16(11-13)20(18,19)15-7-4-3-5-8-15/h3-5,7-8,13-14,16H,2,6,9-12,17H2,1H3. The summed E-state index contributed by atoms with van der Waals surface area (Å²) in [7, 11) is -3.25. The molecule has 0 spiro atoms. The van der Waals surface area contributed by atoms with Crippen LogP contribution in [0.4, 0.5) is 0 Å². The number of rotatable bonds is 5. The van der Waals surface area contributed by atoms with Gasteiger partial charge >= 0.3 is 0 Å². The molecule has 4 heteroatoms. The molecule has 2 N–H and O–H groups in total. The zero-order valence-corrected chi connectivity index (χ0v) is 13.0. The summed E-state index contributed by atoms with van der Waals surface area (Å²) < 4.78 is 25.7. The number of nitrogens with two attached hydrogens (primary N) is 1. The lowest BCUT2D eigenvalue weighted by Crippen LogP contribution is -2.39. The fourth-order valence-corrected chi connectivity index (χ4v) is 5.55. The van der Waals surface area contributed by atoms with Crippen LogP contribution in [0.3, 0.4) is 0 Å². The largest absolute Gasteiger partial charge is 0.330 e. The first-order valence-corrected chi connectivity index (χ1v) is 9.13. The number of hydrogen-bond donors (Lipinski definition) is 1. The van der Waals surface area contributed by atoms with Gasteiger partial charge < -0.3 is 5.73 Å². The summed E-state index contributed by atoms with van der Waals surface area (Å²) in [4.78, 5) is 0.445. The van der Waals surface area contributed by atoms with Crippen molar-refractivity contribution in [3.63, 3.8) is 0 Å². The second kappa shape index (κ2) is 6.72. The molecule has 3 nitrogen and oxygen atoms in total. The van der Waals surface area contributed by atoms with E-state index in [-0.39, 0.29) is 11.2 Å². The molecule has 1 aliphatic carbocycles. The molecular formula is C16H25NO2S. The molecule has 2 rings (SSSR count). The second-order valence-corrected chi connectivity index (χ2v) is 8.03. The lowest BCUT2D eigenvalue weighted by atomic mass is 9.80. The predicted octanol–water partition coefficient (Wildman–Crippen LogP) is 3.00. The molecule has 3 atom stereocenters. The van der Waals surface area contributed by atoms with Gasteiger partial charge in [0.2, 0.25) is 0 Å². The Morgan fingerprint density at radius 1 is 1.20 bits per heavy atom. The molecule has 112 valence electrons. The van der Waals surface area contributed by atoms with E-state index in [2.05, 4.69) is 6.92 Å². The molecule has 0 heterocycles. The third-order valence-electron chi connectivity index (χ3n) is 4.51. The smallest absolute Gasteiger partial charge is 0.181 e. The van der Waals surface area contributed by atoms with Gasteiger partial charge in [-0.15, -0.1) is 0 Å². The van der Waals surface area contributed by atoms with Crippen molar-refractivity contribution in [3.05, 3.63) is 30.3 Å². The van der Waals surface area contributed by atoms with E-state index >= 15 is 0 Å². The Bertz CT molecular complexity index is 513. The van der Waals surface area contributed by atoms with Crippen LogP contribution in [0.15, 0.2) is 35.2 Å². The molecule has 0 saturated heterocycles. The Balaban J connectivity index is 2.26. The molecule has 0 amide bonds. The summed E-state index contributed by atoms with van der Waals surface area (Å²) in [5.41, 5.74) is 5.82. The minimum Gasteiger partial charge on any atom is -0.330 e. The molecular weight excluding hydrogens is 270 g/mol. The Labute approximate surface area is 122 Å². The predicted molar refractivity (Wildman–Crippen MR) is 82.2 cm³/mol. The molecule has 1 aliphatic rings. The summed E-state index contributed by atoms with van der Waals surface area (Å²) in [6.45, 7) is 2.63. The number of sulfone groups is 1. The maximum absolute atomic E-state index is 12.9. The van der Waals surface area contributed by atoms with Crippen LogP contribution in [0.25, 0.3) is 0 Å². The van der Waals surface area contributed by atoms with Crippen LogP contribution in [0.5, 0.6) is 0 Å². The van der Waals surface area contributed by atoms with Crippen molar-refractivity contribution in [2.45, 2.75) is 49.2 Å². The Kier molecular flexibility index (Phi) is 5.22. The molecule has 1 fully saturated rings. The normalized spacial score (nSPS) is 27.4. The fourth-order valence-electron chi connectivity index (χ4n) is 3.38. The number of hydrogen-bond acceptors (Lipinski definition) is 3. The highest BCUT2D eigenvalue weighted by atomic mass is 32.2. The highest BCUT2D eigenvalue weighted by molar-refractivity contribution is 7.92. The zero-order valence-electron chi connectivity index (χ0n) is 12.2. The van der Waals surface area contributed by atoms with Gasteiger partial charge in [-0.1, -0.05) is 44.4 Å². The van der Waals surface area contributed by atoms with Crippen LogP contribution in [-0.2, 0) is 9.84 Å². The van der Waals surface area contributed by atoms with Gasteiger partial charge in [-0.05, 0) is 43.4 Å². The molecule has 1 aromatic rings. The maximum atomic E-state index is 12.9. The Morgan fingerprint density at radius 2 is 1.90 bits per heavy atom. The topological polar surface area (TPSA) is 60.2 Å². The Morgan fingerprint density at radius 3 is 2.50 bits per heavy atom. The first-order chi connectivity index (χ1) is 9.59. The van der Waals surface area contributed by atoms with Crippen LogP contribution < -0.4 is 5.73 Å². The molecule has 0 radical (unpaired) electrons. The second-order valence-electron chi connectivity index (χ2n) is 5.86. The maximum Gasteiger partial charge on any atom is 0.181 e. The first kappa shape index (κ1) is 15.5. The van der Waals surface area contributed by atoms with Crippen molar-refractivity contribution < 1.29 is 8.42 Å². The van der Waals surface area contributed by atoms with Gasteiger partial charge in [-0.25, -0.2) is 8.42 Å². The summed E-state index contributed by atoms with van der Waals surface area (Å²) in [6, 6.07) is 8.83. The van der Waals surface area contributed by atoms with E-state index in [9.17, 15) is 8.42 Å². The van der Waals surface area contributed by atoms with Gasteiger partial charge in [-0.2, -0.15) is 0 Å². The van der Waals surface area contributed by atoms with E-state index in [1.54, 1.807) is 24.3 Å². The molecule has 0 aliphatic heterocycles. The van der Waals surface area contributed by atoms with Crippen molar-refractivity contribution in [2.24, 2.45) is 17.6 Å². The van der Waals surface area contributed by atoms with Crippen LogP contribution in [0, 0.1) is 11.8 Å². The molecule has 20 heavy (non-hydrogen) atoms. The van der Waals surface area contributed by atoms with Crippen LogP contribution in [0.1, 0.15) is 39.0 Å². The van der Waals surface area contributed by atoms with Crippen molar-refractivity contribution >= 4 is 9.84 Å². The van der Waals surface area contributed by atoms with E-state index in [0.717, 1.165) is 32.1 Å². The molecule has 3 unspecified atom stereocenters. The average molecular weight is 295 g/mol. The highest BCUT2D eigenvalue weighted by Crippen LogP contribution is 2.37. The van der Waals surface area contributed by atoms with E-state index in [0.29, 0.717) is 17.4 Å². The molecule has 1 saturated carbocycles. The molecule has 0 aromatic heterocycles. The van der Waals surface area contributed by atoms with Gasteiger partial charge in [0.15, 0.2) is 9.84 Å². The third-order valence-corrected chi connectivity index (χ3v) is 6.81. The van der Waals surface area contributed by atoms with Gasteiger partial charge in [-0.3, -0.25) is 0 Å². The SMILES string of the molecule is CCCC1CCC(CN)C(S(=O)(=O)c2ccccc2)C1. The van der Waals surface area contributed by atoms with Crippen molar-refractivity contribution in [1.82, 2.24) is 0 Å². The summed E-state index contributed by atoms with van der Waals surface area (Å²) in [5, 5.41) is -0.305. The summed E-state index contributed by atoms with van der Waals surface area (Å²) >= 11 is 0. The van der Waals surface area contributed by atoms with E-state index in [4.69, 9.17) is 5.73 Å². The van der Waals surface area contributed by atoms with Gasteiger partial charge in [0, 0.05) is 0 Å². The van der Waals surface area contributed by atoms with Gasteiger partial charge in [0.05, 0.1) is 10.1 Å². The minimum atomic E-state index is -3.25. The first-order valence-electron chi connectivity index (χ1n) is 7.58. The van der Waals surface area contributed by atoms with E-state index in [1.165, 1.54) is 0 Å². The lowest BCUT2D eigenvalue weighted by Gasteiger charge is -2.35. The summed E-state index contributed by atoms with van der Waals surface area (Å²) in [6.07, 6.45) is 5.08. The van der Waals surface area contributed by atoms with E-state index < -0.39 is 9.84 Å². The van der Waals surface area contributed by atoms with E-state index in [1.807, 2.05) is 6.07 Å². The zero-order chi connectivity index (χ0) is 14.6. The van der Waals surface area contributed by atoms with Crippen molar-refractivity contribution in [1.29, 1.82) is 0 Å². The Hall–Kier alpha value is -0.870. The fraction of sp³-hybridized carbons (Fsp3) is 0.625.